The molecule has 1 rings (SSSR count). The summed E-state index contributed by atoms with van der Waals surface area (Å²) >= 11 is 5.53. The van der Waals surface area contributed by atoms with Crippen molar-refractivity contribution in [2.24, 2.45) is 0 Å². The Morgan fingerprint density at radius 2 is 2.13 bits per heavy atom. The van der Waals surface area contributed by atoms with Gasteiger partial charge in [-0.3, -0.25) is 9.78 Å². The Hall–Kier alpha value is -1.09. The third-order valence-corrected chi connectivity index (χ3v) is 2.39. The second kappa shape index (κ2) is 6.40. The van der Waals surface area contributed by atoms with Crippen LogP contribution in [0.1, 0.15) is 18.4 Å². The average Bonchev–Trinajstić information content (AvgIpc) is 2.27. The molecule has 0 aliphatic rings. The minimum atomic E-state index is 0.132. The van der Waals surface area contributed by atoms with E-state index < -0.39 is 0 Å². The van der Waals surface area contributed by atoms with Gasteiger partial charge in [0.25, 0.3) is 0 Å². The number of hydrogen-bond donors (Lipinski definition) is 0. The summed E-state index contributed by atoms with van der Waals surface area (Å²) in [5, 5.41) is 0. The summed E-state index contributed by atoms with van der Waals surface area (Å²) in [4.78, 5) is 17.2. The molecule has 0 fully saturated rings. The van der Waals surface area contributed by atoms with Gasteiger partial charge in [-0.1, -0.05) is 0 Å². The highest BCUT2D eigenvalue weighted by Crippen LogP contribution is 2.04. The molecule has 1 aromatic heterocycles. The molecule has 1 amide bonds. The van der Waals surface area contributed by atoms with Crippen molar-refractivity contribution in [2.45, 2.75) is 19.4 Å². The minimum absolute atomic E-state index is 0.132. The second-order valence-corrected chi connectivity index (χ2v) is 3.78. The van der Waals surface area contributed by atoms with E-state index in [1.54, 1.807) is 24.3 Å². The van der Waals surface area contributed by atoms with Crippen LogP contribution >= 0.6 is 11.6 Å². The van der Waals surface area contributed by atoms with Gasteiger partial charge in [0.2, 0.25) is 5.91 Å². The lowest BCUT2D eigenvalue weighted by atomic mass is 10.2. The quantitative estimate of drug-likeness (QED) is 0.721. The van der Waals surface area contributed by atoms with Crippen molar-refractivity contribution in [1.82, 2.24) is 9.88 Å². The first-order chi connectivity index (χ1) is 7.24. The first-order valence-electron chi connectivity index (χ1n) is 4.93. The number of halogens is 1. The Morgan fingerprint density at radius 3 is 2.73 bits per heavy atom. The first kappa shape index (κ1) is 12.0. The van der Waals surface area contributed by atoms with Gasteiger partial charge in [-0.15, -0.1) is 11.6 Å². The molecule has 0 radical (unpaired) electrons. The molecule has 0 N–H and O–H groups in total. The lowest BCUT2D eigenvalue weighted by Crippen LogP contribution is -2.25. The Balaban J connectivity index is 2.41. The summed E-state index contributed by atoms with van der Waals surface area (Å²) in [6.45, 7) is 0.629. The zero-order valence-electron chi connectivity index (χ0n) is 8.82. The van der Waals surface area contributed by atoms with E-state index in [0.29, 0.717) is 18.8 Å². The summed E-state index contributed by atoms with van der Waals surface area (Å²) in [6.07, 6.45) is 4.71. The number of alkyl halides is 1. The van der Waals surface area contributed by atoms with Gasteiger partial charge in [-0.05, 0) is 24.1 Å². The van der Waals surface area contributed by atoms with Crippen molar-refractivity contribution >= 4 is 17.5 Å². The number of carbonyl (C=O) groups is 1. The molecule has 4 heteroatoms. The number of carbonyl (C=O) groups excluding carboxylic acids is 1. The molecule has 1 heterocycles. The highest BCUT2D eigenvalue weighted by atomic mass is 35.5. The Morgan fingerprint density at radius 1 is 1.47 bits per heavy atom. The van der Waals surface area contributed by atoms with Gasteiger partial charge in [0.1, 0.15) is 0 Å². The Kier molecular flexibility index (Phi) is 5.12. The molecular formula is C11H15ClN2O. The second-order valence-electron chi connectivity index (χ2n) is 3.40. The summed E-state index contributed by atoms with van der Waals surface area (Å²) < 4.78 is 0. The van der Waals surface area contributed by atoms with Gasteiger partial charge in [-0.25, -0.2) is 0 Å². The number of nitrogens with zero attached hydrogens (tertiary/aromatic N) is 2. The fourth-order valence-electron chi connectivity index (χ4n) is 1.26. The third-order valence-electron chi connectivity index (χ3n) is 2.12. The number of rotatable bonds is 5. The molecule has 82 valence electrons. The Labute approximate surface area is 95.1 Å². The van der Waals surface area contributed by atoms with E-state index in [-0.39, 0.29) is 5.91 Å². The lowest BCUT2D eigenvalue weighted by Gasteiger charge is -2.16. The van der Waals surface area contributed by atoms with Crippen molar-refractivity contribution in [1.29, 1.82) is 0 Å². The van der Waals surface area contributed by atoms with Crippen LogP contribution in [-0.4, -0.2) is 28.7 Å². The van der Waals surface area contributed by atoms with E-state index in [2.05, 4.69) is 4.98 Å². The van der Waals surface area contributed by atoms with E-state index in [1.807, 2.05) is 12.1 Å². The zero-order chi connectivity index (χ0) is 11.1. The van der Waals surface area contributed by atoms with Crippen LogP contribution in [0.15, 0.2) is 24.5 Å². The average molecular weight is 227 g/mol. The van der Waals surface area contributed by atoms with Crippen LogP contribution in [-0.2, 0) is 11.3 Å². The summed E-state index contributed by atoms with van der Waals surface area (Å²) in [6, 6.07) is 3.82. The molecule has 0 atom stereocenters. The van der Waals surface area contributed by atoms with Crippen LogP contribution in [0.5, 0.6) is 0 Å². The maximum Gasteiger partial charge on any atom is 0.222 e. The first-order valence-corrected chi connectivity index (χ1v) is 5.46. The molecule has 1 aromatic rings. The van der Waals surface area contributed by atoms with Crippen LogP contribution in [0.3, 0.4) is 0 Å². The van der Waals surface area contributed by atoms with Crippen LogP contribution in [0.2, 0.25) is 0 Å². The van der Waals surface area contributed by atoms with Gasteiger partial charge in [-0.2, -0.15) is 0 Å². The predicted octanol–water partition coefficient (Wildman–Crippen LogP) is 2.06. The molecule has 0 unspecified atom stereocenters. The fourth-order valence-corrected chi connectivity index (χ4v) is 1.39. The van der Waals surface area contributed by atoms with Crippen molar-refractivity contribution in [3.63, 3.8) is 0 Å². The molecule has 0 aliphatic carbocycles. The minimum Gasteiger partial charge on any atom is -0.341 e. The third kappa shape index (κ3) is 4.30. The van der Waals surface area contributed by atoms with Gasteiger partial charge < -0.3 is 4.90 Å². The van der Waals surface area contributed by atoms with Crippen LogP contribution in [0.4, 0.5) is 0 Å². The van der Waals surface area contributed by atoms with Gasteiger partial charge >= 0.3 is 0 Å². The normalized spacial score (nSPS) is 10.0. The van der Waals surface area contributed by atoms with E-state index >= 15 is 0 Å². The van der Waals surface area contributed by atoms with E-state index in [9.17, 15) is 4.79 Å². The van der Waals surface area contributed by atoms with E-state index in [1.165, 1.54) is 0 Å². The number of amides is 1. The molecule has 0 spiro atoms. The summed E-state index contributed by atoms with van der Waals surface area (Å²) in [7, 11) is 1.80. The fraction of sp³-hybridized carbons (Fsp3) is 0.455. The van der Waals surface area contributed by atoms with Gasteiger partial charge in [0, 0.05) is 38.3 Å². The smallest absolute Gasteiger partial charge is 0.222 e. The van der Waals surface area contributed by atoms with Crippen molar-refractivity contribution < 1.29 is 4.79 Å². The highest BCUT2D eigenvalue weighted by Gasteiger charge is 2.07. The molecular weight excluding hydrogens is 212 g/mol. The molecule has 0 bridgehead atoms. The van der Waals surface area contributed by atoms with Crippen molar-refractivity contribution in [3.05, 3.63) is 30.1 Å². The van der Waals surface area contributed by atoms with Crippen LogP contribution in [0, 0.1) is 0 Å². The monoisotopic (exact) mass is 226 g/mol. The topological polar surface area (TPSA) is 33.2 Å². The molecule has 0 saturated carbocycles. The molecule has 3 nitrogen and oxygen atoms in total. The van der Waals surface area contributed by atoms with Crippen molar-refractivity contribution in [3.8, 4) is 0 Å². The van der Waals surface area contributed by atoms with Crippen LogP contribution < -0.4 is 0 Å². The maximum absolute atomic E-state index is 11.6. The van der Waals surface area contributed by atoms with Crippen LogP contribution in [0.25, 0.3) is 0 Å². The molecule has 0 saturated heterocycles. The number of aromatic nitrogens is 1. The van der Waals surface area contributed by atoms with E-state index in [0.717, 1.165) is 12.0 Å². The predicted molar refractivity (Wildman–Crippen MR) is 60.7 cm³/mol. The van der Waals surface area contributed by atoms with E-state index in [4.69, 9.17) is 11.6 Å². The molecule has 0 aliphatic heterocycles. The van der Waals surface area contributed by atoms with Gasteiger partial charge in [0.15, 0.2) is 0 Å². The molecule has 15 heavy (non-hydrogen) atoms. The standard InChI is InChI=1S/C11H15ClN2O/c1-14(11(15)3-2-6-12)9-10-4-7-13-8-5-10/h4-5,7-8H,2-3,6,9H2,1H3. The summed E-state index contributed by atoms with van der Waals surface area (Å²) in [5.41, 5.74) is 1.09. The SMILES string of the molecule is CN(Cc1ccncc1)C(=O)CCCCl. The number of pyridine rings is 1. The Bertz CT molecular complexity index is 303. The highest BCUT2D eigenvalue weighted by molar-refractivity contribution is 6.17. The van der Waals surface area contributed by atoms with Gasteiger partial charge in [0.05, 0.1) is 0 Å². The zero-order valence-corrected chi connectivity index (χ0v) is 9.57. The molecule has 0 aromatic carbocycles. The largest absolute Gasteiger partial charge is 0.341 e. The van der Waals surface area contributed by atoms with Crippen molar-refractivity contribution in [2.75, 3.05) is 12.9 Å². The lowest BCUT2D eigenvalue weighted by molar-refractivity contribution is -0.130. The summed E-state index contributed by atoms with van der Waals surface area (Å²) in [5.74, 6) is 0.668. The number of hydrogen-bond acceptors (Lipinski definition) is 2. The maximum atomic E-state index is 11.6.